The van der Waals surface area contributed by atoms with Gasteiger partial charge in [-0.05, 0) is 17.5 Å². The topological polar surface area (TPSA) is 85.3 Å². The van der Waals surface area contributed by atoms with Crippen LogP contribution in [0.2, 0.25) is 0 Å². The first-order valence-corrected chi connectivity index (χ1v) is 8.19. The Labute approximate surface area is 145 Å². The molecule has 1 aliphatic rings. The Morgan fingerprint density at radius 3 is 2.60 bits per heavy atom. The van der Waals surface area contributed by atoms with Crippen LogP contribution in [0.5, 0.6) is 0 Å². The number of primary amides is 1. The monoisotopic (exact) mass is 334 g/mol. The number of aromatic nitrogens is 2. The number of fused-ring (bicyclic) bond motifs is 1. The van der Waals surface area contributed by atoms with Crippen LogP contribution in [0.1, 0.15) is 17.0 Å². The lowest BCUT2D eigenvalue weighted by molar-refractivity contribution is -0.124. The van der Waals surface area contributed by atoms with E-state index in [1.807, 2.05) is 53.4 Å². The molecule has 0 saturated carbocycles. The molecule has 1 amide bonds. The van der Waals surface area contributed by atoms with Crippen molar-refractivity contribution in [3.05, 3.63) is 71.6 Å². The van der Waals surface area contributed by atoms with Gasteiger partial charge >= 0.3 is 0 Å². The third-order valence-electron chi connectivity index (χ3n) is 4.51. The average Bonchev–Trinajstić information content (AvgIpc) is 3.10. The van der Waals surface area contributed by atoms with Crippen molar-refractivity contribution in [2.75, 3.05) is 0 Å². The van der Waals surface area contributed by atoms with E-state index >= 15 is 0 Å². The smallest absolute Gasteiger partial charge is 0.241 e. The molecule has 0 unspecified atom stereocenters. The minimum atomic E-state index is -0.373. The summed E-state index contributed by atoms with van der Waals surface area (Å²) < 4.78 is 5.38. The molecule has 2 aromatic carbocycles. The molecule has 4 rings (SSSR count). The SMILES string of the molecule is NC(=O)[C@@H]1Cc2ccccc2CN1Cc1nc(-c2ccccc2)no1. The fraction of sp³-hybridized carbons (Fsp3) is 0.211. The maximum atomic E-state index is 11.9. The quantitative estimate of drug-likeness (QED) is 0.790. The molecule has 0 fully saturated rings. The molecule has 25 heavy (non-hydrogen) atoms. The van der Waals surface area contributed by atoms with E-state index in [2.05, 4.69) is 16.2 Å². The Kier molecular flexibility index (Phi) is 4.03. The zero-order valence-electron chi connectivity index (χ0n) is 13.6. The summed E-state index contributed by atoms with van der Waals surface area (Å²) >= 11 is 0. The number of nitrogens with two attached hydrogens (primary N) is 1. The second-order valence-electron chi connectivity index (χ2n) is 6.17. The van der Waals surface area contributed by atoms with Gasteiger partial charge in [0.15, 0.2) is 0 Å². The van der Waals surface area contributed by atoms with Gasteiger partial charge < -0.3 is 10.3 Å². The van der Waals surface area contributed by atoms with Crippen molar-refractivity contribution in [1.29, 1.82) is 0 Å². The zero-order chi connectivity index (χ0) is 17.2. The van der Waals surface area contributed by atoms with Gasteiger partial charge in [-0.2, -0.15) is 4.98 Å². The summed E-state index contributed by atoms with van der Waals surface area (Å²) in [4.78, 5) is 18.4. The lowest BCUT2D eigenvalue weighted by Crippen LogP contribution is -2.48. The molecule has 6 heteroatoms. The number of carbonyl (C=O) groups is 1. The molecule has 2 heterocycles. The molecule has 0 radical (unpaired) electrons. The van der Waals surface area contributed by atoms with Crippen LogP contribution in [0.3, 0.4) is 0 Å². The summed E-state index contributed by atoms with van der Waals surface area (Å²) in [5.41, 5.74) is 8.88. The Morgan fingerprint density at radius 2 is 1.84 bits per heavy atom. The Hall–Kier alpha value is -2.99. The minimum absolute atomic E-state index is 0.336. The van der Waals surface area contributed by atoms with Gasteiger partial charge in [0.2, 0.25) is 17.6 Å². The van der Waals surface area contributed by atoms with E-state index < -0.39 is 0 Å². The van der Waals surface area contributed by atoms with Crippen molar-refractivity contribution < 1.29 is 9.32 Å². The molecule has 126 valence electrons. The molecule has 6 nitrogen and oxygen atoms in total. The molecule has 0 aliphatic carbocycles. The zero-order valence-corrected chi connectivity index (χ0v) is 13.6. The molecule has 3 aromatic rings. The second-order valence-corrected chi connectivity index (χ2v) is 6.17. The van der Waals surface area contributed by atoms with E-state index in [-0.39, 0.29) is 11.9 Å². The summed E-state index contributed by atoms with van der Waals surface area (Å²) in [5.74, 6) is 0.686. The predicted octanol–water partition coefficient (Wildman–Crippen LogP) is 2.15. The molecular weight excluding hydrogens is 316 g/mol. The number of carbonyl (C=O) groups excluding carboxylic acids is 1. The fourth-order valence-electron chi connectivity index (χ4n) is 3.22. The van der Waals surface area contributed by atoms with Crippen LogP contribution < -0.4 is 5.73 Å². The maximum Gasteiger partial charge on any atom is 0.241 e. The van der Waals surface area contributed by atoms with Crippen LogP contribution in [0, 0.1) is 0 Å². The van der Waals surface area contributed by atoms with Crippen molar-refractivity contribution in [2.24, 2.45) is 5.73 Å². The number of hydrogen-bond acceptors (Lipinski definition) is 5. The maximum absolute atomic E-state index is 11.9. The number of benzene rings is 2. The molecule has 1 atom stereocenters. The molecule has 0 saturated heterocycles. The van der Waals surface area contributed by atoms with E-state index in [0.717, 1.165) is 11.1 Å². The van der Waals surface area contributed by atoms with E-state index in [9.17, 15) is 4.79 Å². The Bertz CT molecular complexity index is 891. The number of amides is 1. The van der Waals surface area contributed by atoms with E-state index in [4.69, 9.17) is 10.3 Å². The highest BCUT2D eigenvalue weighted by Gasteiger charge is 2.31. The molecule has 0 spiro atoms. The standard InChI is InChI=1S/C19H18N4O2/c20-18(24)16-10-14-8-4-5-9-15(14)11-23(16)12-17-21-19(22-25-17)13-6-2-1-3-7-13/h1-9,16H,10-12H2,(H2,20,24)/t16-/m0/s1. The van der Waals surface area contributed by atoms with Crippen LogP contribution in [0.4, 0.5) is 0 Å². The fourth-order valence-corrected chi connectivity index (χ4v) is 3.22. The van der Waals surface area contributed by atoms with Crippen molar-refractivity contribution in [3.8, 4) is 11.4 Å². The van der Waals surface area contributed by atoms with Crippen LogP contribution in [0.15, 0.2) is 59.1 Å². The predicted molar refractivity (Wildman–Crippen MR) is 92.1 cm³/mol. The van der Waals surface area contributed by atoms with E-state index in [0.29, 0.717) is 31.2 Å². The first-order valence-electron chi connectivity index (χ1n) is 8.19. The number of nitrogens with zero attached hydrogens (tertiary/aromatic N) is 3. The van der Waals surface area contributed by atoms with Gasteiger partial charge in [0.05, 0.1) is 12.6 Å². The summed E-state index contributed by atoms with van der Waals surface area (Å²) in [6.45, 7) is 1.02. The molecule has 0 bridgehead atoms. The van der Waals surface area contributed by atoms with Crippen molar-refractivity contribution in [1.82, 2.24) is 15.0 Å². The normalized spacial score (nSPS) is 17.2. The van der Waals surface area contributed by atoms with Crippen molar-refractivity contribution >= 4 is 5.91 Å². The van der Waals surface area contributed by atoms with Crippen molar-refractivity contribution in [3.63, 3.8) is 0 Å². The van der Waals surface area contributed by atoms with Crippen molar-refractivity contribution in [2.45, 2.75) is 25.6 Å². The molecule has 1 aromatic heterocycles. The van der Waals surface area contributed by atoms with Gasteiger partial charge in [0.25, 0.3) is 0 Å². The van der Waals surface area contributed by atoms with E-state index in [1.165, 1.54) is 5.56 Å². The van der Waals surface area contributed by atoms with Gasteiger partial charge in [-0.3, -0.25) is 9.69 Å². The molecular formula is C19H18N4O2. The average molecular weight is 334 g/mol. The third kappa shape index (κ3) is 3.16. The first-order chi connectivity index (χ1) is 12.2. The number of hydrogen-bond donors (Lipinski definition) is 1. The minimum Gasteiger partial charge on any atom is -0.368 e. The van der Waals surface area contributed by atoms with E-state index in [1.54, 1.807) is 0 Å². The van der Waals surface area contributed by atoms with Gasteiger partial charge in [-0.1, -0.05) is 59.8 Å². The first kappa shape index (κ1) is 15.5. The summed E-state index contributed by atoms with van der Waals surface area (Å²) in [6, 6.07) is 17.4. The van der Waals surface area contributed by atoms with Crippen LogP contribution >= 0.6 is 0 Å². The van der Waals surface area contributed by atoms with Gasteiger partial charge in [0, 0.05) is 12.1 Å². The lowest BCUT2D eigenvalue weighted by Gasteiger charge is -2.33. The van der Waals surface area contributed by atoms with Crippen LogP contribution in [-0.2, 0) is 24.3 Å². The summed E-state index contributed by atoms with van der Waals surface area (Å²) in [6.07, 6.45) is 0.602. The number of rotatable bonds is 4. The Balaban J connectivity index is 1.57. The molecule has 1 aliphatic heterocycles. The van der Waals surface area contributed by atoms with Gasteiger partial charge in [-0.25, -0.2) is 0 Å². The summed E-state index contributed by atoms with van der Waals surface area (Å²) in [7, 11) is 0. The highest BCUT2D eigenvalue weighted by Crippen LogP contribution is 2.25. The van der Waals surface area contributed by atoms with Gasteiger partial charge in [0.1, 0.15) is 0 Å². The lowest BCUT2D eigenvalue weighted by atomic mass is 9.93. The Morgan fingerprint density at radius 1 is 1.12 bits per heavy atom. The highest BCUT2D eigenvalue weighted by molar-refractivity contribution is 5.80. The molecule has 2 N–H and O–H groups in total. The summed E-state index contributed by atoms with van der Waals surface area (Å²) in [5, 5.41) is 4.04. The van der Waals surface area contributed by atoms with Gasteiger partial charge in [-0.15, -0.1) is 0 Å². The highest BCUT2D eigenvalue weighted by atomic mass is 16.5. The largest absolute Gasteiger partial charge is 0.368 e. The third-order valence-corrected chi connectivity index (χ3v) is 4.51. The van der Waals surface area contributed by atoms with Crippen LogP contribution in [0.25, 0.3) is 11.4 Å². The van der Waals surface area contributed by atoms with Crippen LogP contribution in [-0.4, -0.2) is 27.0 Å². The second kappa shape index (κ2) is 6.49.